The molecule has 2 aliphatic rings. The van der Waals surface area contributed by atoms with Crippen molar-refractivity contribution in [3.63, 3.8) is 0 Å². The number of nitrogens with one attached hydrogen (secondary N) is 2. The van der Waals surface area contributed by atoms with Crippen LogP contribution in [-0.2, 0) is 10.3 Å². The van der Waals surface area contributed by atoms with Gasteiger partial charge in [-0.1, -0.05) is 0 Å². The van der Waals surface area contributed by atoms with E-state index in [1.54, 1.807) is 6.92 Å². The van der Waals surface area contributed by atoms with Gasteiger partial charge in [-0.15, -0.1) is 0 Å². The molecule has 1 aromatic rings. The number of halogens is 2. The third kappa shape index (κ3) is 2.18. The lowest BCUT2D eigenvalue weighted by Crippen LogP contribution is -2.40. The molecule has 0 spiro atoms. The van der Waals surface area contributed by atoms with Gasteiger partial charge < -0.3 is 5.32 Å². The van der Waals surface area contributed by atoms with Crippen LogP contribution in [0.15, 0.2) is 23.2 Å². The van der Waals surface area contributed by atoms with E-state index in [9.17, 15) is 13.6 Å². The maximum atomic E-state index is 13.3. The standard InChI is InChI=1S/C13H13F2N3O/c1-13(7-4-8(14)6-9(15)5-7)11(19)17-12(18-13)16-10-2-3-10/h4-6,10H,2-3H2,1H3,(H2,16,17,18,19). The summed E-state index contributed by atoms with van der Waals surface area (Å²) in [5.74, 6) is -1.41. The molecule has 0 bridgehead atoms. The van der Waals surface area contributed by atoms with Crippen LogP contribution < -0.4 is 10.6 Å². The normalized spacial score (nSPS) is 28.4. The van der Waals surface area contributed by atoms with Crippen molar-refractivity contribution in [1.29, 1.82) is 0 Å². The number of amides is 1. The topological polar surface area (TPSA) is 53.5 Å². The second-order valence-corrected chi connectivity index (χ2v) is 5.07. The van der Waals surface area contributed by atoms with Gasteiger partial charge in [0.1, 0.15) is 17.2 Å². The van der Waals surface area contributed by atoms with E-state index in [-0.39, 0.29) is 17.5 Å². The van der Waals surface area contributed by atoms with Crippen LogP contribution in [0, 0.1) is 11.6 Å². The fourth-order valence-corrected chi connectivity index (χ4v) is 2.05. The maximum absolute atomic E-state index is 13.3. The maximum Gasteiger partial charge on any atom is 0.256 e. The van der Waals surface area contributed by atoms with Crippen LogP contribution in [0.25, 0.3) is 0 Å². The molecule has 0 aromatic heterocycles. The highest BCUT2D eigenvalue weighted by atomic mass is 19.1. The molecule has 1 amide bonds. The monoisotopic (exact) mass is 265 g/mol. The average Bonchev–Trinajstić information content (AvgIpc) is 3.05. The van der Waals surface area contributed by atoms with E-state index in [2.05, 4.69) is 15.6 Å². The summed E-state index contributed by atoms with van der Waals surface area (Å²) in [6, 6.07) is 3.32. The molecule has 1 heterocycles. The van der Waals surface area contributed by atoms with E-state index < -0.39 is 17.2 Å². The molecule has 2 fully saturated rings. The van der Waals surface area contributed by atoms with Crippen LogP contribution in [0.1, 0.15) is 25.3 Å². The van der Waals surface area contributed by atoms with Gasteiger partial charge in [0.15, 0.2) is 5.96 Å². The van der Waals surface area contributed by atoms with Crippen LogP contribution in [0.2, 0.25) is 0 Å². The Morgan fingerprint density at radius 1 is 1.26 bits per heavy atom. The summed E-state index contributed by atoms with van der Waals surface area (Å²) < 4.78 is 26.5. The van der Waals surface area contributed by atoms with Crippen molar-refractivity contribution in [2.75, 3.05) is 0 Å². The molecule has 4 nitrogen and oxygen atoms in total. The fourth-order valence-electron chi connectivity index (χ4n) is 2.05. The number of nitrogens with zero attached hydrogens (tertiary/aromatic N) is 1. The highest BCUT2D eigenvalue weighted by Gasteiger charge is 2.43. The number of aliphatic imine (C=N–C) groups is 1. The van der Waals surface area contributed by atoms with Gasteiger partial charge >= 0.3 is 0 Å². The molecule has 1 atom stereocenters. The molecular weight excluding hydrogens is 252 g/mol. The number of benzene rings is 1. The second kappa shape index (κ2) is 4.01. The van der Waals surface area contributed by atoms with Crippen molar-refractivity contribution >= 4 is 11.9 Å². The Hall–Kier alpha value is -1.98. The van der Waals surface area contributed by atoms with Crippen molar-refractivity contribution in [1.82, 2.24) is 10.6 Å². The molecule has 0 radical (unpaired) electrons. The van der Waals surface area contributed by atoms with Gasteiger partial charge in [-0.3, -0.25) is 10.1 Å². The summed E-state index contributed by atoms with van der Waals surface area (Å²) >= 11 is 0. The lowest BCUT2D eigenvalue weighted by Gasteiger charge is -2.21. The van der Waals surface area contributed by atoms with Crippen LogP contribution >= 0.6 is 0 Å². The molecule has 1 saturated heterocycles. The molecule has 6 heteroatoms. The van der Waals surface area contributed by atoms with Gasteiger partial charge in [0.25, 0.3) is 5.91 Å². The van der Waals surface area contributed by atoms with E-state index >= 15 is 0 Å². The Morgan fingerprint density at radius 3 is 2.47 bits per heavy atom. The van der Waals surface area contributed by atoms with E-state index in [4.69, 9.17) is 0 Å². The molecule has 3 rings (SSSR count). The molecule has 2 N–H and O–H groups in total. The number of carbonyl (C=O) groups excluding carboxylic acids is 1. The lowest BCUT2D eigenvalue weighted by atomic mass is 9.92. The second-order valence-electron chi connectivity index (χ2n) is 5.07. The number of hydrogen-bond acceptors (Lipinski definition) is 2. The van der Waals surface area contributed by atoms with Crippen LogP contribution in [0.3, 0.4) is 0 Å². The molecule has 100 valence electrons. The molecular formula is C13H13F2N3O. The summed E-state index contributed by atoms with van der Waals surface area (Å²) in [5.41, 5.74) is -0.958. The lowest BCUT2D eigenvalue weighted by molar-refractivity contribution is -0.123. The van der Waals surface area contributed by atoms with Crippen molar-refractivity contribution < 1.29 is 13.6 Å². The van der Waals surface area contributed by atoms with Crippen molar-refractivity contribution in [2.24, 2.45) is 4.99 Å². The number of carbonyl (C=O) groups is 1. The molecule has 19 heavy (non-hydrogen) atoms. The van der Waals surface area contributed by atoms with Gasteiger partial charge in [-0.25, -0.2) is 13.8 Å². The molecule has 1 aliphatic carbocycles. The van der Waals surface area contributed by atoms with Gasteiger partial charge in [0.2, 0.25) is 0 Å². The van der Waals surface area contributed by atoms with Crippen molar-refractivity contribution in [2.45, 2.75) is 31.3 Å². The summed E-state index contributed by atoms with van der Waals surface area (Å²) in [7, 11) is 0. The minimum atomic E-state index is -1.20. The minimum Gasteiger partial charge on any atom is -0.338 e. The van der Waals surface area contributed by atoms with E-state index in [1.165, 1.54) is 0 Å². The summed E-state index contributed by atoms with van der Waals surface area (Å²) in [4.78, 5) is 16.3. The Morgan fingerprint density at radius 2 is 1.89 bits per heavy atom. The summed E-state index contributed by atoms with van der Waals surface area (Å²) in [6.07, 6.45) is 2.01. The van der Waals surface area contributed by atoms with Crippen LogP contribution in [-0.4, -0.2) is 17.9 Å². The Kier molecular flexibility index (Phi) is 2.55. The molecule has 1 aliphatic heterocycles. The fraction of sp³-hybridized carbons (Fsp3) is 0.385. The van der Waals surface area contributed by atoms with E-state index in [1.807, 2.05) is 0 Å². The number of hydrogen-bond donors (Lipinski definition) is 2. The Balaban J connectivity index is 1.95. The Bertz CT molecular complexity index is 563. The number of guanidine groups is 1. The third-order valence-electron chi connectivity index (χ3n) is 3.35. The Labute approximate surface area is 108 Å². The van der Waals surface area contributed by atoms with Gasteiger partial charge in [0, 0.05) is 6.07 Å². The zero-order chi connectivity index (χ0) is 13.6. The van der Waals surface area contributed by atoms with E-state index in [0.29, 0.717) is 5.96 Å². The molecule has 1 unspecified atom stereocenters. The minimum absolute atomic E-state index is 0.239. The first-order chi connectivity index (χ1) is 8.97. The molecule has 1 aromatic carbocycles. The van der Waals surface area contributed by atoms with Gasteiger partial charge in [0.05, 0.1) is 6.04 Å². The largest absolute Gasteiger partial charge is 0.338 e. The highest BCUT2D eigenvalue weighted by molar-refractivity contribution is 6.09. The first-order valence-electron chi connectivity index (χ1n) is 6.11. The smallest absolute Gasteiger partial charge is 0.256 e. The highest BCUT2D eigenvalue weighted by Crippen LogP contribution is 2.28. The van der Waals surface area contributed by atoms with Gasteiger partial charge in [-0.2, -0.15) is 0 Å². The molecule has 1 saturated carbocycles. The quantitative estimate of drug-likeness (QED) is 0.849. The average molecular weight is 265 g/mol. The van der Waals surface area contributed by atoms with Crippen LogP contribution in [0.4, 0.5) is 8.78 Å². The first-order valence-corrected chi connectivity index (χ1v) is 6.11. The van der Waals surface area contributed by atoms with E-state index in [0.717, 1.165) is 31.0 Å². The predicted molar refractivity (Wildman–Crippen MR) is 65.4 cm³/mol. The number of rotatable bonds is 2. The van der Waals surface area contributed by atoms with Crippen molar-refractivity contribution in [3.8, 4) is 0 Å². The SMILES string of the molecule is CC1(c2cc(F)cc(F)c2)NC(=NC2CC2)NC1=O. The van der Waals surface area contributed by atoms with Crippen LogP contribution in [0.5, 0.6) is 0 Å². The summed E-state index contributed by atoms with van der Waals surface area (Å²) in [6.45, 7) is 1.58. The zero-order valence-electron chi connectivity index (χ0n) is 10.3. The predicted octanol–water partition coefficient (Wildman–Crippen LogP) is 1.42. The third-order valence-corrected chi connectivity index (χ3v) is 3.35. The summed E-state index contributed by atoms with van der Waals surface area (Å²) in [5, 5.41) is 5.52. The van der Waals surface area contributed by atoms with Crippen molar-refractivity contribution in [3.05, 3.63) is 35.4 Å². The first kappa shape index (κ1) is 12.1. The zero-order valence-corrected chi connectivity index (χ0v) is 10.3. The van der Waals surface area contributed by atoms with Gasteiger partial charge in [-0.05, 0) is 37.5 Å².